The summed E-state index contributed by atoms with van der Waals surface area (Å²) in [6.45, 7) is 3.66. The lowest BCUT2D eigenvalue weighted by Gasteiger charge is -1.93. The summed E-state index contributed by atoms with van der Waals surface area (Å²) in [5.41, 5.74) is 0. The smallest absolute Gasteiger partial charge is 0.225 e. The van der Waals surface area contributed by atoms with E-state index >= 15 is 0 Å². The summed E-state index contributed by atoms with van der Waals surface area (Å²) in [6, 6.07) is 0. The molecule has 0 spiro atoms. The van der Waals surface area contributed by atoms with Crippen LogP contribution < -0.4 is 0 Å². The Labute approximate surface area is 55.2 Å². The van der Waals surface area contributed by atoms with Crippen LogP contribution in [0.25, 0.3) is 0 Å². The fourth-order valence-electron chi connectivity index (χ4n) is 0.367. The minimum absolute atomic E-state index is 0.0880. The molecule has 0 aromatic carbocycles. The van der Waals surface area contributed by atoms with Crippen LogP contribution in [0.3, 0.4) is 0 Å². The van der Waals surface area contributed by atoms with Crippen molar-refractivity contribution in [3.05, 3.63) is 12.2 Å². The zero-order chi connectivity index (χ0) is 6.57. The molecule has 0 rings (SSSR count). The number of rotatable bonds is 2. The van der Waals surface area contributed by atoms with Gasteiger partial charge in [0.25, 0.3) is 0 Å². The van der Waals surface area contributed by atoms with Crippen LogP contribution in [-0.2, 0) is 4.79 Å². The summed E-state index contributed by atoms with van der Waals surface area (Å²) >= 11 is 4.38. The molecule has 0 saturated heterocycles. The van der Waals surface area contributed by atoms with E-state index in [2.05, 4.69) is 12.6 Å². The molecule has 8 heavy (non-hydrogen) atoms. The molecule has 0 bridgehead atoms. The van der Waals surface area contributed by atoms with Crippen molar-refractivity contribution in [3.63, 3.8) is 0 Å². The Morgan fingerprint density at radius 1 is 1.75 bits per heavy atom. The molecular formula is C6H9OS. The number of hydrogen-bond donors (Lipinski definition) is 0. The van der Waals surface area contributed by atoms with E-state index in [-0.39, 0.29) is 11.0 Å². The molecule has 0 N–H and O–H groups in total. The molecule has 1 radical (unpaired) electrons. The number of carbonyl (C=O) groups is 1. The molecule has 0 aliphatic rings. The van der Waals surface area contributed by atoms with Crippen molar-refractivity contribution >= 4 is 17.7 Å². The van der Waals surface area contributed by atoms with Gasteiger partial charge in [0, 0.05) is 5.92 Å². The predicted molar refractivity (Wildman–Crippen MR) is 36.6 cm³/mol. The topological polar surface area (TPSA) is 17.1 Å². The van der Waals surface area contributed by atoms with Gasteiger partial charge in [0.1, 0.15) is 0 Å². The van der Waals surface area contributed by atoms with E-state index in [1.54, 1.807) is 13.0 Å². The van der Waals surface area contributed by atoms with Gasteiger partial charge in [-0.15, -0.1) is 0 Å². The van der Waals surface area contributed by atoms with Crippen LogP contribution in [0, 0.1) is 5.92 Å². The van der Waals surface area contributed by atoms with Gasteiger partial charge in [-0.3, -0.25) is 4.79 Å². The van der Waals surface area contributed by atoms with Crippen LogP contribution >= 0.6 is 12.6 Å². The summed E-state index contributed by atoms with van der Waals surface area (Å²) in [7, 11) is 0. The Bertz CT molecular complexity index is 107. The molecule has 45 valence electrons. The third-order valence-electron chi connectivity index (χ3n) is 0.853. The molecule has 0 aromatic rings. The van der Waals surface area contributed by atoms with Gasteiger partial charge in [-0.1, -0.05) is 19.1 Å². The lowest BCUT2D eigenvalue weighted by molar-refractivity contribution is -0.112. The quantitative estimate of drug-likeness (QED) is 0.520. The molecule has 0 fully saturated rings. The minimum atomic E-state index is -0.192. The van der Waals surface area contributed by atoms with Gasteiger partial charge < -0.3 is 0 Å². The highest BCUT2D eigenvalue weighted by Gasteiger charge is 2.02. The average Bonchev–Trinajstić information content (AvgIpc) is 1.67. The summed E-state index contributed by atoms with van der Waals surface area (Å²) < 4.78 is 0. The molecule has 1 unspecified atom stereocenters. The fraction of sp³-hybridized carbons (Fsp3) is 0.500. The van der Waals surface area contributed by atoms with Crippen LogP contribution in [0.2, 0.25) is 0 Å². The van der Waals surface area contributed by atoms with Crippen LogP contribution in [-0.4, -0.2) is 5.12 Å². The van der Waals surface area contributed by atoms with Crippen molar-refractivity contribution < 1.29 is 4.79 Å². The maximum atomic E-state index is 10.3. The molecule has 2 heteroatoms. The molecule has 0 aliphatic carbocycles. The Balaban J connectivity index is 3.64. The van der Waals surface area contributed by atoms with E-state index in [0.29, 0.717) is 0 Å². The van der Waals surface area contributed by atoms with Crippen molar-refractivity contribution in [3.8, 4) is 0 Å². The maximum Gasteiger partial charge on any atom is 0.225 e. The molecule has 1 atom stereocenters. The van der Waals surface area contributed by atoms with Crippen LogP contribution in [0.1, 0.15) is 13.8 Å². The summed E-state index contributed by atoms with van der Waals surface area (Å²) in [6.07, 6.45) is 3.62. The molecular weight excluding hydrogens is 120 g/mol. The highest BCUT2D eigenvalue weighted by Crippen LogP contribution is 2.00. The zero-order valence-corrected chi connectivity index (χ0v) is 5.87. The molecule has 0 saturated carbocycles. The van der Waals surface area contributed by atoms with Crippen LogP contribution in [0.15, 0.2) is 12.2 Å². The normalized spacial score (nSPS) is 14.2. The highest BCUT2D eigenvalue weighted by atomic mass is 32.1. The van der Waals surface area contributed by atoms with E-state index in [0.717, 1.165) is 0 Å². The Morgan fingerprint density at radius 3 is 2.38 bits per heavy atom. The first kappa shape index (κ1) is 7.63. The van der Waals surface area contributed by atoms with E-state index < -0.39 is 0 Å². The first-order valence-electron chi connectivity index (χ1n) is 2.52. The Morgan fingerprint density at radius 2 is 2.25 bits per heavy atom. The van der Waals surface area contributed by atoms with Gasteiger partial charge in [-0.2, -0.15) is 0 Å². The van der Waals surface area contributed by atoms with E-state index in [1.165, 1.54) is 0 Å². The second kappa shape index (κ2) is 3.61. The van der Waals surface area contributed by atoms with Gasteiger partial charge in [0.2, 0.25) is 5.12 Å². The highest BCUT2D eigenvalue weighted by molar-refractivity contribution is 7.96. The summed E-state index contributed by atoms with van der Waals surface area (Å²) in [5, 5.41) is -0.192. The summed E-state index contributed by atoms with van der Waals surface area (Å²) in [5.74, 6) is -0.0880. The molecule has 0 heterocycles. The minimum Gasteiger partial charge on any atom is -0.281 e. The van der Waals surface area contributed by atoms with Crippen molar-refractivity contribution in [1.82, 2.24) is 0 Å². The van der Waals surface area contributed by atoms with Crippen molar-refractivity contribution in [2.75, 3.05) is 0 Å². The van der Waals surface area contributed by atoms with Gasteiger partial charge >= 0.3 is 0 Å². The lowest BCUT2D eigenvalue weighted by atomic mass is 10.2. The monoisotopic (exact) mass is 129 g/mol. The number of allylic oxidation sites excluding steroid dienone is 2. The molecule has 0 amide bonds. The standard InChI is InChI=1S/C6H9OS/c1-3-4-5(2)6(7)8/h3-5H,1-2H3/b4-3+. The van der Waals surface area contributed by atoms with Gasteiger partial charge in [-0.25, -0.2) is 0 Å². The predicted octanol–water partition coefficient (Wildman–Crippen LogP) is 1.92. The molecule has 0 aliphatic heterocycles. The van der Waals surface area contributed by atoms with Crippen molar-refractivity contribution in [1.29, 1.82) is 0 Å². The van der Waals surface area contributed by atoms with Gasteiger partial charge in [0.05, 0.1) is 0 Å². The van der Waals surface area contributed by atoms with E-state index in [4.69, 9.17) is 0 Å². The summed E-state index contributed by atoms with van der Waals surface area (Å²) in [4.78, 5) is 10.3. The largest absolute Gasteiger partial charge is 0.281 e. The SMILES string of the molecule is C/C=C/C(C)C(=O)[S]. The molecule has 0 aromatic heterocycles. The van der Waals surface area contributed by atoms with Crippen LogP contribution in [0.5, 0.6) is 0 Å². The second-order valence-corrected chi connectivity index (χ2v) is 2.04. The Hall–Kier alpha value is -0.370. The van der Waals surface area contributed by atoms with E-state index in [1.807, 2.05) is 13.0 Å². The van der Waals surface area contributed by atoms with Gasteiger partial charge in [0.15, 0.2) is 0 Å². The van der Waals surface area contributed by atoms with Crippen molar-refractivity contribution in [2.45, 2.75) is 13.8 Å². The van der Waals surface area contributed by atoms with Crippen molar-refractivity contribution in [2.24, 2.45) is 5.92 Å². The number of hydrogen-bond acceptors (Lipinski definition) is 1. The third kappa shape index (κ3) is 2.75. The third-order valence-corrected chi connectivity index (χ3v) is 1.22. The first-order valence-corrected chi connectivity index (χ1v) is 2.93. The fourth-order valence-corrected chi connectivity index (χ4v) is 0.446. The Kier molecular flexibility index (Phi) is 3.44. The average molecular weight is 129 g/mol. The maximum absolute atomic E-state index is 10.3. The van der Waals surface area contributed by atoms with Gasteiger partial charge in [-0.05, 0) is 19.6 Å². The number of carbonyl (C=O) groups excluding carboxylic acids is 1. The van der Waals surface area contributed by atoms with E-state index in [9.17, 15) is 4.79 Å². The van der Waals surface area contributed by atoms with Crippen LogP contribution in [0.4, 0.5) is 0 Å². The zero-order valence-electron chi connectivity index (χ0n) is 5.05. The molecule has 1 nitrogen and oxygen atoms in total. The second-order valence-electron chi connectivity index (χ2n) is 1.63. The first-order chi connectivity index (χ1) is 3.68. The lowest BCUT2D eigenvalue weighted by Crippen LogP contribution is -1.98.